The van der Waals surface area contributed by atoms with Crippen LogP contribution >= 0.6 is 23.4 Å². The molecule has 0 amide bonds. The monoisotopic (exact) mass is 439 g/mol. The Hall–Kier alpha value is -3.03. The molecule has 4 aromatic rings. The fraction of sp³-hybridized carbons (Fsp3) is 0.136. The van der Waals surface area contributed by atoms with Crippen molar-refractivity contribution >= 4 is 46.3 Å². The molecule has 0 saturated carbocycles. The molecule has 1 N–H and O–H groups in total. The van der Waals surface area contributed by atoms with Gasteiger partial charge in [0.05, 0.1) is 0 Å². The number of aryl methyl sites for hydroxylation is 1. The fourth-order valence-corrected chi connectivity index (χ4v) is 4.00. The molecule has 0 radical (unpaired) electrons. The molecular formula is C22H18ClN3O3S. The molecule has 30 heavy (non-hydrogen) atoms. The van der Waals surface area contributed by atoms with Gasteiger partial charge in [0, 0.05) is 40.7 Å². The minimum atomic E-state index is -1.06. The molecule has 2 heterocycles. The van der Waals surface area contributed by atoms with Gasteiger partial charge in [-0.15, -0.1) is 10.2 Å². The van der Waals surface area contributed by atoms with E-state index in [-0.39, 0.29) is 10.1 Å². The molecule has 0 aliphatic heterocycles. The van der Waals surface area contributed by atoms with Crippen molar-refractivity contribution in [2.75, 3.05) is 0 Å². The van der Waals surface area contributed by atoms with Gasteiger partial charge in [-0.25, -0.2) is 4.79 Å². The first-order chi connectivity index (χ1) is 14.5. The van der Waals surface area contributed by atoms with Crippen LogP contribution in [0.5, 0.6) is 0 Å². The van der Waals surface area contributed by atoms with Crippen molar-refractivity contribution < 1.29 is 14.3 Å². The maximum absolute atomic E-state index is 11.9. The Kier molecular flexibility index (Phi) is 5.92. The maximum Gasteiger partial charge on any atom is 0.342 e. The van der Waals surface area contributed by atoms with Gasteiger partial charge in [0.15, 0.2) is 0 Å². The van der Waals surface area contributed by atoms with Crippen LogP contribution in [0.15, 0.2) is 69.3 Å². The first-order valence-corrected chi connectivity index (χ1v) is 10.5. The number of benzene rings is 2. The van der Waals surface area contributed by atoms with Gasteiger partial charge in [-0.05, 0) is 35.5 Å². The third kappa shape index (κ3) is 4.27. The van der Waals surface area contributed by atoms with E-state index >= 15 is 0 Å². The normalized spacial score (nSPS) is 11.9. The van der Waals surface area contributed by atoms with Crippen LogP contribution in [0.4, 0.5) is 0 Å². The lowest BCUT2D eigenvalue weighted by molar-refractivity contribution is -0.131. The lowest BCUT2D eigenvalue weighted by Crippen LogP contribution is -1.98. The number of thioether (sulfide) groups is 1. The molecule has 0 aliphatic rings. The molecule has 4 rings (SSSR count). The van der Waals surface area contributed by atoms with E-state index in [0.29, 0.717) is 23.9 Å². The van der Waals surface area contributed by atoms with E-state index in [1.165, 1.54) is 0 Å². The highest BCUT2D eigenvalue weighted by Crippen LogP contribution is 2.31. The smallest absolute Gasteiger partial charge is 0.342 e. The lowest BCUT2D eigenvalue weighted by Gasteiger charge is -2.07. The summed E-state index contributed by atoms with van der Waals surface area (Å²) < 4.78 is 7.52. The van der Waals surface area contributed by atoms with Crippen molar-refractivity contribution in [1.82, 2.24) is 14.8 Å². The minimum absolute atomic E-state index is 0.0990. The number of carbonyl (C=O) groups is 1. The second-order valence-corrected chi connectivity index (χ2v) is 7.95. The quantitative estimate of drug-likeness (QED) is 0.302. The maximum atomic E-state index is 11.9. The van der Waals surface area contributed by atoms with E-state index in [4.69, 9.17) is 16.0 Å². The highest BCUT2D eigenvalue weighted by molar-refractivity contribution is 8.03. The van der Waals surface area contributed by atoms with Crippen LogP contribution in [0.3, 0.4) is 0 Å². The Bertz CT molecular complexity index is 1250. The van der Waals surface area contributed by atoms with Gasteiger partial charge in [-0.2, -0.15) is 0 Å². The Morgan fingerprint density at radius 3 is 2.70 bits per heavy atom. The van der Waals surface area contributed by atoms with Crippen molar-refractivity contribution in [2.24, 2.45) is 0 Å². The molecule has 0 unspecified atom stereocenters. The minimum Gasteiger partial charge on any atom is -0.477 e. The van der Waals surface area contributed by atoms with Crippen molar-refractivity contribution in [2.45, 2.75) is 25.1 Å². The van der Waals surface area contributed by atoms with Crippen LogP contribution in [0.25, 0.3) is 17.0 Å². The average molecular weight is 440 g/mol. The van der Waals surface area contributed by atoms with Gasteiger partial charge in [0.25, 0.3) is 5.22 Å². The summed E-state index contributed by atoms with van der Waals surface area (Å²) in [6.07, 6.45) is 4.16. The number of rotatable bonds is 7. The van der Waals surface area contributed by atoms with E-state index in [1.807, 2.05) is 61.7 Å². The van der Waals surface area contributed by atoms with Crippen molar-refractivity contribution in [3.05, 3.63) is 81.7 Å². The number of aliphatic carboxylic acids is 1. The summed E-state index contributed by atoms with van der Waals surface area (Å²) in [5, 5.41) is 19.4. The molecule has 0 bridgehead atoms. The van der Waals surface area contributed by atoms with Crippen LogP contribution in [0.1, 0.15) is 23.9 Å². The summed E-state index contributed by atoms with van der Waals surface area (Å²) >= 11 is 7.28. The van der Waals surface area contributed by atoms with Crippen molar-refractivity contribution in [3.63, 3.8) is 0 Å². The van der Waals surface area contributed by atoms with Gasteiger partial charge in [-0.1, -0.05) is 54.9 Å². The topological polar surface area (TPSA) is 81.2 Å². The number of halogens is 1. The van der Waals surface area contributed by atoms with E-state index in [0.717, 1.165) is 33.8 Å². The summed E-state index contributed by atoms with van der Waals surface area (Å²) in [6.45, 7) is 2.47. The van der Waals surface area contributed by atoms with Gasteiger partial charge >= 0.3 is 5.97 Å². The largest absolute Gasteiger partial charge is 0.477 e. The standard InChI is InChI=1S/C22H18ClN3O3S/c1-2-20-24-25-22(29-20)30-19(21(27)28)11-15-13-26(18-10-6-4-8-16(15)18)12-14-7-3-5-9-17(14)23/h3-11,13H,2,12H2,1H3,(H,27,28)/b19-11-. The molecule has 2 aromatic carbocycles. The van der Waals surface area contributed by atoms with E-state index < -0.39 is 5.97 Å². The fourth-order valence-electron chi connectivity index (χ4n) is 3.12. The number of carboxylic acid groups (broad SMARTS) is 1. The zero-order chi connectivity index (χ0) is 21.1. The van der Waals surface area contributed by atoms with Crippen molar-refractivity contribution in [3.8, 4) is 0 Å². The van der Waals surface area contributed by atoms with Gasteiger partial charge in [0.2, 0.25) is 5.89 Å². The molecular weight excluding hydrogens is 422 g/mol. The van der Waals surface area contributed by atoms with Gasteiger partial charge in [0.1, 0.15) is 4.91 Å². The highest BCUT2D eigenvalue weighted by atomic mass is 35.5. The summed E-state index contributed by atoms with van der Waals surface area (Å²) in [7, 11) is 0. The molecule has 0 saturated heterocycles. The van der Waals surface area contributed by atoms with Gasteiger partial charge < -0.3 is 14.1 Å². The van der Waals surface area contributed by atoms with Crippen LogP contribution < -0.4 is 0 Å². The molecule has 2 aromatic heterocycles. The Labute approximate surface area is 182 Å². The molecule has 152 valence electrons. The second-order valence-electron chi connectivity index (χ2n) is 6.55. The molecule has 0 fully saturated rings. The average Bonchev–Trinajstić information content (AvgIpc) is 3.34. The molecule has 0 atom stereocenters. The zero-order valence-electron chi connectivity index (χ0n) is 16.1. The van der Waals surface area contributed by atoms with E-state index in [2.05, 4.69) is 14.8 Å². The van der Waals surface area contributed by atoms with Gasteiger partial charge in [-0.3, -0.25) is 0 Å². The van der Waals surface area contributed by atoms with Crippen LogP contribution in [0, 0.1) is 0 Å². The van der Waals surface area contributed by atoms with Crippen LogP contribution in [-0.4, -0.2) is 25.8 Å². The Morgan fingerprint density at radius 1 is 1.20 bits per heavy atom. The Balaban J connectivity index is 1.73. The summed E-state index contributed by atoms with van der Waals surface area (Å²) in [5.41, 5.74) is 2.77. The highest BCUT2D eigenvalue weighted by Gasteiger charge is 2.17. The summed E-state index contributed by atoms with van der Waals surface area (Å²) in [4.78, 5) is 12.0. The molecule has 6 nitrogen and oxygen atoms in total. The Morgan fingerprint density at radius 2 is 1.97 bits per heavy atom. The van der Waals surface area contributed by atoms with Crippen molar-refractivity contribution in [1.29, 1.82) is 0 Å². The molecule has 0 spiro atoms. The summed E-state index contributed by atoms with van der Waals surface area (Å²) in [5.74, 6) is -0.585. The number of carboxylic acids is 1. The van der Waals surface area contributed by atoms with Crippen LogP contribution in [-0.2, 0) is 17.8 Å². The zero-order valence-corrected chi connectivity index (χ0v) is 17.7. The number of nitrogens with zero attached hydrogens (tertiary/aromatic N) is 3. The number of fused-ring (bicyclic) bond motifs is 1. The summed E-state index contributed by atoms with van der Waals surface area (Å²) in [6, 6.07) is 15.5. The lowest BCUT2D eigenvalue weighted by atomic mass is 10.1. The third-order valence-electron chi connectivity index (χ3n) is 4.56. The predicted molar refractivity (Wildman–Crippen MR) is 118 cm³/mol. The predicted octanol–water partition coefficient (Wildman–Crippen LogP) is 5.51. The van der Waals surface area contributed by atoms with Crippen LogP contribution in [0.2, 0.25) is 5.02 Å². The molecule has 0 aliphatic carbocycles. The number of hydrogen-bond acceptors (Lipinski definition) is 5. The SMILES string of the molecule is CCc1nnc(S/C(=C\c2cn(Cc3ccccc3Cl)c3ccccc23)C(=O)O)o1. The second kappa shape index (κ2) is 8.77. The molecule has 8 heteroatoms. The number of hydrogen-bond donors (Lipinski definition) is 1. The first kappa shape index (κ1) is 20.3. The number of para-hydroxylation sites is 1. The van der Waals surface area contributed by atoms with E-state index in [1.54, 1.807) is 6.08 Å². The third-order valence-corrected chi connectivity index (χ3v) is 5.78. The number of aromatic nitrogens is 3. The first-order valence-electron chi connectivity index (χ1n) is 9.31. The van der Waals surface area contributed by atoms with E-state index in [9.17, 15) is 9.90 Å².